The van der Waals surface area contributed by atoms with E-state index in [-0.39, 0.29) is 11.4 Å². The van der Waals surface area contributed by atoms with Crippen molar-refractivity contribution in [2.75, 3.05) is 0 Å². The third-order valence-corrected chi connectivity index (χ3v) is 5.18. The Labute approximate surface area is 125 Å². The maximum absolute atomic E-state index is 12.1. The first-order chi connectivity index (χ1) is 9.81. The average molecular weight is 328 g/mol. The van der Waals surface area contributed by atoms with E-state index in [1.807, 2.05) is 17.7 Å². The van der Waals surface area contributed by atoms with Gasteiger partial charge in [-0.25, -0.2) is 13.1 Å². The van der Waals surface area contributed by atoms with Crippen LogP contribution in [0.2, 0.25) is 0 Å². The molecular formula is C12H12N2O5S2. The lowest BCUT2D eigenvalue weighted by Gasteiger charge is -2.07. The second-order valence-electron chi connectivity index (χ2n) is 4.31. The van der Waals surface area contributed by atoms with Gasteiger partial charge in [0.2, 0.25) is 10.0 Å². The molecule has 0 radical (unpaired) electrons. The zero-order valence-electron chi connectivity index (χ0n) is 10.9. The second-order valence-corrected chi connectivity index (χ2v) is 6.82. The average Bonchev–Trinajstić information content (AvgIpc) is 2.82. The maximum atomic E-state index is 12.1. The van der Waals surface area contributed by atoms with Crippen molar-refractivity contribution >= 4 is 27.0 Å². The summed E-state index contributed by atoms with van der Waals surface area (Å²) < 4.78 is 26.6. The van der Waals surface area contributed by atoms with Crippen molar-refractivity contribution in [1.29, 1.82) is 0 Å². The highest BCUT2D eigenvalue weighted by atomic mass is 32.2. The topological polar surface area (TPSA) is 110 Å². The van der Waals surface area contributed by atoms with Crippen molar-refractivity contribution in [1.82, 2.24) is 4.72 Å². The van der Waals surface area contributed by atoms with Crippen molar-refractivity contribution in [3.63, 3.8) is 0 Å². The number of phenols is 1. The molecule has 0 atom stereocenters. The lowest BCUT2D eigenvalue weighted by atomic mass is 10.2. The summed E-state index contributed by atoms with van der Waals surface area (Å²) in [4.78, 5) is 9.62. The summed E-state index contributed by atoms with van der Waals surface area (Å²) in [6.45, 7) is 1.97. The molecule has 7 nitrogen and oxygen atoms in total. The molecule has 21 heavy (non-hydrogen) atoms. The molecule has 0 aliphatic carbocycles. The Kier molecular flexibility index (Phi) is 4.26. The molecule has 2 N–H and O–H groups in total. The van der Waals surface area contributed by atoms with Gasteiger partial charge in [-0.05, 0) is 40.9 Å². The van der Waals surface area contributed by atoms with Gasteiger partial charge in [0.25, 0.3) is 0 Å². The molecule has 0 bridgehead atoms. The first-order valence-electron chi connectivity index (χ1n) is 5.80. The van der Waals surface area contributed by atoms with Gasteiger partial charge in [0, 0.05) is 12.6 Å². The fraction of sp³-hybridized carbons (Fsp3) is 0.167. The zero-order chi connectivity index (χ0) is 15.6. The molecule has 1 heterocycles. The monoisotopic (exact) mass is 328 g/mol. The van der Waals surface area contributed by atoms with E-state index in [4.69, 9.17) is 0 Å². The van der Waals surface area contributed by atoms with E-state index in [9.17, 15) is 23.6 Å². The predicted octanol–water partition coefficient (Wildman–Crippen LogP) is 2.15. The summed E-state index contributed by atoms with van der Waals surface area (Å²) in [5.74, 6) is -0.576. The second kappa shape index (κ2) is 5.80. The van der Waals surface area contributed by atoms with Crippen molar-refractivity contribution in [3.8, 4) is 5.75 Å². The Bertz CT molecular complexity index is 783. The third-order valence-electron chi connectivity index (χ3n) is 2.87. The normalized spacial score (nSPS) is 11.5. The SMILES string of the molecule is Cc1cscc1CNS(=O)(=O)c1ccc(O)c([N+](=O)[O-])c1. The van der Waals surface area contributed by atoms with Gasteiger partial charge in [-0.2, -0.15) is 11.3 Å². The number of rotatable bonds is 5. The summed E-state index contributed by atoms with van der Waals surface area (Å²) in [7, 11) is -3.89. The lowest BCUT2D eigenvalue weighted by molar-refractivity contribution is -0.386. The third kappa shape index (κ3) is 3.38. The van der Waals surface area contributed by atoms with Crippen LogP contribution in [0.1, 0.15) is 11.1 Å². The molecule has 0 unspecified atom stereocenters. The van der Waals surface area contributed by atoms with Crippen molar-refractivity contribution in [2.24, 2.45) is 0 Å². The van der Waals surface area contributed by atoms with E-state index in [0.29, 0.717) is 0 Å². The molecule has 112 valence electrons. The highest BCUT2D eigenvalue weighted by molar-refractivity contribution is 7.89. The van der Waals surface area contributed by atoms with Crippen LogP contribution in [0.3, 0.4) is 0 Å². The van der Waals surface area contributed by atoms with Crippen LogP contribution >= 0.6 is 11.3 Å². The number of nitrogens with one attached hydrogen (secondary N) is 1. The number of thiophene rings is 1. The number of sulfonamides is 1. The summed E-state index contributed by atoms with van der Waals surface area (Å²) >= 11 is 1.46. The maximum Gasteiger partial charge on any atom is 0.312 e. The molecule has 2 aromatic rings. The summed E-state index contributed by atoms with van der Waals surface area (Å²) in [5.41, 5.74) is 1.17. The summed E-state index contributed by atoms with van der Waals surface area (Å²) in [6, 6.07) is 2.94. The number of aryl methyl sites for hydroxylation is 1. The summed E-state index contributed by atoms with van der Waals surface area (Å²) in [6.07, 6.45) is 0. The van der Waals surface area contributed by atoms with Crippen LogP contribution in [0.5, 0.6) is 5.75 Å². The number of nitro groups is 1. The first-order valence-corrected chi connectivity index (χ1v) is 8.22. The number of phenolic OH excluding ortho intramolecular Hbond substituents is 1. The first kappa shape index (κ1) is 15.4. The van der Waals surface area contributed by atoms with Gasteiger partial charge in [-0.1, -0.05) is 0 Å². The molecule has 9 heteroatoms. The highest BCUT2D eigenvalue weighted by Crippen LogP contribution is 2.28. The van der Waals surface area contributed by atoms with E-state index in [2.05, 4.69) is 4.72 Å². The number of hydrogen-bond acceptors (Lipinski definition) is 6. The van der Waals surface area contributed by atoms with Crippen LogP contribution in [-0.2, 0) is 16.6 Å². The Morgan fingerprint density at radius 1 is 1.38 bits per heavy atom. The fourth-order valence-electron chi connectivity index (χ4n) is 1.64. The minimum absolute atomic E-state index is 0.104. The Morgan fingerprint density at radius 2 is 2.10 bits per heavy atom. The molecule has 2 rings (SSSR count). The molecule has 1 aromatic carbocycles. The van der Waals surface area contributed by atoms with Crippen molar-refractivity contribution < 1.29 is 18.4 Å². The van der Waals surface area contributed by atoms with Crippen LogP contribution in [0.25, 0.3) is 0 Å². The van der Waals surface area contributed by atoms with Gasteiger partial charge in [0.15, 0.2) is 5.75 Å². The quantitative estimate of drug-likeness (QED) is 0.645. The molecule has 0 saturated carbocycles. The predicted molar refractivity (Wildman–Crippen MR) is 77.8 cm³/mol. The number of aromatic hydroxyl groups is 1. The van der Waals surface area contributed by atoms with Crippen LogP contribution in [-0.4, -0.2) is 18.4 Å². The lowest BCUT2D eigenvalue weighted by Crippen LogP contribution is -2.23. The summed E-state index contributed by atoms with van der Waals surface area (Å²) in [5, 5.41) is 23.8. The van der Waals surface area contributed by atoms with Gasteiger partial charge < -0.3 is 5.11 Å². The van der Waals surface area contributed by atoms with Gasteiger partial charge in [-0.15, -0.1) is 0 Å². The Morgan fingerprint density at radius 3 is 2.67 bits per heavy atom. The number of nitro benzene ring substituents is 1. The van der Waals surface area contributed by atoms with Gasteiger partial charge in [0.05, 0.1) is 9.82 Å². The van der Waals surface area contributed by atoms with Crippen LogP contribution < -0.4 is 4.72 Å². The van der Waals surface area contributed by atoms with Crippen LogP contribution in [0, 0.1) is 17.0 Å². The Hall–Kier alpha value is -1.97. The molecular weight excluding hydrogens is 316 g/mol. The van der Waals surface area contributed by atoms with Crippen LogP contribution in [0.15, 0.2) is 33.9 Å². The molecule has 0 amide bonds. The van der Waals surface area contributed by atoms with E-state index >= 15 is 0 Å². The van der Waals surface area contributed by atoms with Crippen molar-refractivity contribution in [3.05, 3.63) is 50.2 Å². The largest absolute Gasteiger partial charge is 0.502 e. The Balaban J connectivity index is 2.26. The number of benzene rings is 1. The molecule has 0 saturated heterocycles. The minimum Gasteiger partial charge on any atom is -0.502 e. The van der Waals surface area contributed by atoms with E-state index in [1.54, 1.807) is 0 Å². The van der Waals surface area contributed by atoms with E-state index in [1.165, 1.54) is 11.3 Å². The minimum atomic E-state index is -3.89. The van der Waals surface area contributed by atoms with Gasteiger partial charge >= 0.3 is 5.69 Å². The smallest absolute Gasteiger partial charge is 0.312 e. The molecule has 0 aliphatic rings. The molecule has 0 fully saturated rings. The fourth-order valence-corrected chi connectivity index (χ4v) is 3.52. The highest BCUT2D eigenvalue weighted by Gasteiger charge is 2.21. The van der Waals surface area contributed by atoms with Gasteiger partial charge in [0.1, 0.15) is 0 Å². The number of hydrogen-bond donors (Lipinski definition) is 2. The zero-order valence-corrected chi connectivity index (χ0v) is 12.6. The van der Waals surface area contributed by atoms with E-state index < -0.39 is 26.4 Å². The van der Waals surface area contributed by atoms with E-state index in [0.717, 1.165) is 29.3 Å². The molecule has 0 spiro atoms. The molecule has 1 aromatic heterocycles. The van der Waals surface area contributed by atoms with Crippen molar-refractivity contribution in [2.45, 2.75) is 18.4 Å². The standard InChI is InChI=1S/C12H12N2O5S2/c1-8-6-20-7-9(8)5-13-21(18,19)10-2-3-12(15)11(4-10)14(16)17/h2-4,6-7,13,15H,5H2,1H3. The molecule has 0 aliphatic heterocycles. The van der Waals surface area contributed by atoms with Crippen LogP contribution in [0.4, 0.5) is 5.69 Å². The van der Waals surface area contributed by atoms with Gasteiger partial charge in [-0.3, -0.25) is 10.1 Å². The number of nitrogens with zero attached hydrogens (tertiary/aromatic N) is 1.